The average molecular weight is 268 g/mol. The van der Waals surface area contributed by atoms with Crippen molar-refractivity contribution in [3.63, 3.8) is 0 Å². The summed E-state index contributed by atoms with van der Waals surface area (Å²) in [5.74, 6) is -0.183. The van der Waals surface area contributed by atoms with Gasteiger partial charge in [-0.1, -0.05) is 0 Å². The summed E-state index contributed by atoms with van der Waals surface area (Å²) < 4.78 is 0. The maximum atomic E-state index is 12.1. The molecular formula is C12H20N4OS. The Morgan fingerprint density at radius 3 is 2.78 bits per heavy atom. The van der Waals surface area contributed by atoms with Gasteiger partial charge >= 0.3 is 0 Å². The van der Waals surface area contributed by atoms with Crippen LogP contribution in [0.1, 0.15) is 20.8 Å². The van der Waals surface area contributed by atoms with Crippen molar-refractivity contribution in [1.82, 2.24) is 9.88 Å². The van der Waals surface area contributed by atoms with E-state index in [1.54, 1.807) is 6.20 Å². The van der Waals surface area contributed by atoms with Crippen molar-refractivity contribution in [3.05, 3.63) is 11.6 Å². The van der Waals surface area contributed by atoms with Crippen LogP contribution in [-0.2, 0) is 4.79 Å². The molecule has 2 heterocycles. The molecule has 0 radical (unpaired) electrons. The molecule has 2 rings (SSSR count). The number of nitrogens with two attached hydrogens (primary N) is 1. The standard InChI is InChI=1S/C12H20N4OS/c1-12(2,3)16-6-8(9(13)7-16)10(17)15-11-14-4-5-18-11/h4-5,8-9H,6-7,13H2,1-3H3,(H,14,15,17)/t8-,9+/m1/s1. The van der Waals surface area contributed by atoms with Gasteiger partial charge in [0.2, 0.25) is 5.91 Å². The van der Waals surface area contributed by atoms with Crippen LogP contribution in [0.5, 0.6) is 0 Å². The van der Waals surface area contributed by atoms with Gasteiger partial charge in [0.15, 0.2) is 5.13 Å². The van der Waals surface area contributed by atoms with Gasteiger partial charge in [-0.3, -0.25) is 9.69 Å². The van der Waals surface area contributed by atoms with Gasteiger partial charge in [0.1, 0.15) is 0 Å². The fourth-order valence-corrected chi connectivity index (χ4v) is 2.67. The first kappa shape index (κ1) is 13.5. The third-order valence-corrected chi connectivity index (χ3v) is 4.00. The van der Waals surface area contributed by atoms with Crippen molar-refractivity contribution in [3.8, 4) is 0 Å². The van der Waals surface area contributed by atoms with Crippen LogP contribution in [0.15, 0.2) is 11.6 Å². The van der Waals surface area contributed by atoms with Crippen LogP contribution in [0, 0.1) is 5.92 Å². The molecule has 3 N–H and O–H groups in total. The summed E-state index contributed by atoms with van der Waals surface area (Å²) in [5.41, 5.74) is 6.13. The number of carbonyl (C=O) groups is 1. The Bertz CT molecular complexity index is 412. The highest BCUT2D eigenvalue weighted by Crippen LogP contribution is 2.25. The second-order valence-electron chi connectivity index (χ2n) is 5.67. The number of carbonyl (C=O) groups excluding carboxylic acids is 1. The molecule has 0 bridgehead atoms. The van der Waals surface area contributed by atoms with E-state index in [1.165, 1.54) is 11.3 Å². The number of amides is 1. The Morgan fingerprint density at radius 1 is 1.56 bits per heavy atom. The van der Waals surface area contributed by atoms with Crippen molar-refractivity contribution >= 4 is 22.4 Å². The number of hydrogen-bond donors (Lipinski definition) is 2. The van der Waals surface area contributed by atoms with E-state index in [4.69, 9.17) is 5.73 Å². The Hall–Kier alpha value is -0.980. The third-order valence-electron chi connectivity index (χ3n) is 3.31. The molecule has 2 atom stereocenters. The highest BCUT2D eigenvalue weighted by atomic mass is 32.1. The van der Waals surface area contributed by atoms with Crippen molar-refractivity contribution in [2.24, 2.45) is 11.7 Å². The van der Waals surface area contributed by atoms with Crippen LogP contribution in [0.3, 0.4) is 0 Å². The molecule has 0 spiro atoms. The predicted octanol–water partition coefficient (Wildman–Crippen LogP) is 1.14. The van der Waals surface area contributed by atoms with E-state index in [1.807, 2.05) is 5.38 Å². The molecule has 1 amide bonds. The van der Waals surface area contributed by atoms with Gasteiger partial charge in [0.25, 0.3) is 0 Å². The Morgan fingerprint density at radius 2 is 2.28 bits per heavy atom. The first-order chi connectivity index (χ1) is 8.38. The normalized spacial score (nSPS) is 25.3. The lowest BCUT2D eigenvalue weighted by atomic mass is 10.0. The van der Waals surface area contributed by atoms with Crippen LogP contribution in [-0.4, -0.2) is 40.5 Å². The molecule has 5 nitrogen and oxygen atoms in total. The Kier molecular flexibility index (Phi) is 3.70. The van der Waals surface area contributed by atoms with E-state index in [0.29, 0.717) is 11.7 Å². The third kappa shape index (κ3) is 2.88. The molecule has 0 aromatic carbocycles. The van der Waals surface area contributed by atoms with Gasteiger partial charge in [-0.25, -0.2) is 4.98 Å². The zero-order valence-corrected chi connectivity index (χ0v) is 11.8. The Labute approximate surface area is 111 Å². The van der Waals surface area contributed by atoms with Crippen molar-refractivity contribution < 1.29 is 4.79 Å². The summed E-state index contributed by atoms with van der Waals surface area (Å²) in [7, 11) is 0. The average Bonchev–Trinajstić information content (AvgIpc) is 2.85. The molecule has 0 saturated carbocycles. The van der Waals surface area contributed by atoms with Crippen LogP contribution < -0.4 is 11.1 Å². The van der Waals surface area contributed by atoms with Crippen LogP contribution in [0.25, 0.3) is 0 Å². The van der Waals surface area contributed by atoms with Crippen molar-refractivity contribution in [1.29, 1.82) is 0 Å². The largest absolute Gasteiger partial charge is 0.326 e. The second kappa shape index (κ2) is 4.95. The minimum Gasteiger partial charge on any atom is -0.326 e. The van der Waals surface area contributed by atoms with Crippen molar-refractivity contribution in [2.45, 2.75) is 32.4 Å². The van der Waals surface area contributed by atoms with Gasteiger partial charge in [0.05, 0.1) is 5.92 Å². The maximum absolute atomic E-state index is 12.1. The van der Waals surface area contributed by atoms with Crippen LogP contribution in [0.4, 0.5) is 5.13 Å². The Balaban J connectivity index is 1.99. The van der Waals surface area contributed by atoms with Crippen LogP contribution >= 0.6 is 11.3 Å². The maximum Gasteiger partial charge on any atom is 0.232 e. The number of rotatable bonds is 2. The topological polar surface area (TPSA) is 71.2 Å². The fraction of sp³-hybridized carbons (Fsp3) is 0.667. The molecule has 100 valence electrons. The van der Waals surface area contributed by atoms with E-state index < -0.39 is 0 Å². The summed E-state index contributed by atoms with van der Waals surface area (Å²) >= 11 is 1.42. The lowest BCUT2D eigenvalue weighted by Gasteiger charge is -2.31. The quantitative estimate of drug-likeness (QED) is 0.844. The van der Waals surface area contributed by atoms with Gasteiger partial charge in [-0.05, 0) is 20.8 Å². The predicted molar refractivity (Wildman–Crippen MR) is 73.5 cm³/mol. The summed E-state index contributed by atoms with van der Waals surface area (Å²) in [6.07, 6.45) is 1.68. The smallest absolute Gasteiger partial charge is 0.232 e. The van der Waals surface area contributed by atoms with E-state index in [2.05, 4.69) is 36.0 Å². The molecule has 1 aliphatic heterocycles. The number of nitrogens with zero attached hydrogens (tertiary/aromatic N) is 2. The first-order valence-electron chi connectivity index (χ1n) is 6.09. The van der Waals surface area contributed by atoms with Gasteiger partial charge < -0.3 is 11.1 Å². The SMILES string of the molecule is CC(C)(C)N1C[C@H](N)[C@H](C(=O)Nc2nccs2)C1. The highest BCUT2D eigenvalue weighted by molar-refractivity contribution is 7.13. The molecule has 1 aliphatic rings. The monoisotopic (exact) mass is 268 g/mol. The number of hydrogen-bond acceptors (Lipinski definition) is 5. The zero-order chi connectivity index (χ0) is 13.3. The molecule has 1 saturated heterocycles. The minimum absolute atomic E-state index is 0.0239. The number of nitrogens with one attached hydrogen (secondary N) is 1. The molecule has 18 heavy (non-hydrogen) atoms. The summed E-state index contributed by atoms with van der Waals surface area (Å²) in [4.78, 5) is 18.5. The van der Waals surface area contributed by atoms with Crippen molar-refractivity contribution in [2.75, 3.05) is 18.4 Å². The van der Waals surface area contributed by atoms with Crippen LogP contribution in [0.2, 0.25) is 0 Å². The van der Waals surface area contributed by atoms with E-state index in [0.717, 1.165) is 6.54 Å². The van der Waals surface area contributed by atoms with E-state index >= 15 is 0 Å². The van der Waals surface area contributed by atoms with E-state index in [-0.39, 0.29) is 23.4 Å². The molecule has 6 heteroatoms. The zero-order valence-electron chi connectivity index (χ0n) is 11.0. The fourth-order valence-electron chi connectivity index (χ4n) is 2.14. The summed E-state index contributed by atoms with van der Waals surface area (Å²) in [5, 5.41) is 5.31. The first-order valence-corrected chi connectivity index (χ1v) is 6.97. The number of likely N-dealkylation sites (tertiary alicyclic amines) is 1. The molecule has 1 aromatic heterocycles. The number of anilines is 1. The summed E-state index contributed by atoms with van der Waals surface area (Å²) in [6.45, 7) is 7.89. The molecular weight excluding hydrogens is 248 g/mol. The molecule has 1 fully saturated rings. The lowest BCUT2D eigenvalue weighted by Crippen LogP contribution is -2.40. The summed E-state index contributed by atoms with van der Waals surface area (Å²) in [6, 6.07) is -0.107. The van der Waals surface area contributed by atoms with Gasteiger partial charge in [0, 0.05) is 36.2 Å². The lowest BCUT2D eigenvalue weighted by molar-refractivity contribution is -0.119. The highest BCUT2D eigenvalue weighted by Gasteiger charge is 2.39. The molecule has 0 unspecified atom stereocenters. The molecule has 1 aromatic rings. The molecule has 0 aliphatic carbocycles. The van der Waals surface area contributed by atoms with Gasteiger partial charge in [-0.15, -0.1) is 11.3 Å². The minimum atomic E-state index is -0.159. The number of aromatic nitrogens is 1. The number of thiazole rings is 1. The van der Waals surface area contributed by atoms with Gasteiger partial charge in [-0.2, -0.15) is 0 Å². The van der Waals surface area contributed by atoms with E-state index in [9.17, 15) is 4.79 Å². The second-order valence-corrected chi connectivity index (χ2v) is 6.57.